The van der Waals surface area contributed by atoms with Crippen molar-refractivity contribution in [1.29, 1.82) is 0 Å². The van der Waals surface area contributed by atoms with Gasteiger partial charge in [0.25, 0.3) is 0 Å². The highest BCUT2D eigenvalue weighted by atomic mass is 32.2. The van der Waals surface area contributed by atoms with Crippen LogP contribution in [0.5, 0.6) is 0 Å². The first-order valence-electron chi connectivity index (χ1n) is 6.19. The summed E-state index contributed by atoms with van der Waals surface area (Å²) in [5.41, 5.74) is 7.86. The average Bonchev–Trinajstić information content (AvgIpc) is 2.71. The molecule has 0 saturated carbocycles. The zero-order valence-electron chi connectivity index (χ0n) is 10.7. The van der Waals surface area contributed by atoms with Crippen molar-refractivity contribution in [2.75, 3.05) is 18.6 Å². The van der Waals surface area contributed by atoms with E-state index in [9.17, 15) is 8.42 Å². The summed E-state index contributed by atoms with van der Waals surface area (Å²) in [6.45, 7) is 1.34. The second kappa shape index (κ2) is 5.38. The van der Waals surface area contributed by atoms with Gasteiger partial charge in [0, 0.05) is 19.1 Å². The molecule has 2 rings (SSSR count). The largest absolute Gasteiger partial charge is 0.326 e. The summed E-state index contributed by atoms with van der Waals surface area (Å²) in [5, 5.41) is 0. The highest BCUT2D eigenvalue weighted by Gasteiger charge is 2.30. The Kier molecular flexibility index (Phi) is 4.04. The zero-order chi connectivity index (χ0) is 13.2. The molecule has 1 saturated heterocycles. The van der Waals surface area contributed by atoms with Gasteiger partial charge in [-0.15, -0.1) is 0 Å². The van der Waals surface area contributed by atoms with Gasteiger partial charge in [-0.3, -0.25) is 4.90 Å². The van der Waals surface area contributed by atoms with Crippen molar-refractivity contribution in [2.24, 2.45) is 5.73 Å². The van der Waals surface area contributed by atoms with Gasteiger partial charge in [-0.2, -0.15) is 0 Å². The Bertz CT molecular complexity index is 496. The molecular weight excluding hydrogens is 248 g/mol. The van der Waals surface area contributed by atoms with Crippen LogP contribution in [0.3, 0.4) is 0 Å². The summed E-state index contributed by atoms with van der Waals surface area (Å²) >= 11 is 0. The fraction of sp³-hybridized carbons (Fsp3) is 0.538. The monoisotopic (exact) mass is 268 g/mol. The van der Waals surface area contributed by atoms with E-state index in [-0.39, 0.29) is 6.04 Å². The summed E-state index contributed by atoms with van der Waals surface area (Å²) < 4.78 is 22.9. The molecule has 5 heteroatoms. The van der Waals surface area contributed by atoms with Crippen molar-refractivity contribution >= 4 is 9.84 Å². The molecule has 100 valence electrons. The smallest absolute Gasteiger partial charge is 0.151 e. The molecule has 1 unspecified atom stereocenters. The van der Waals surface area contributed by atoms with Gasteiger partial charge in [0.15, 0.2) is 9.84 Å². The Balaban J connectivity index is 1.96. The van der Waals surface area contributed by atoms with Gasteiger partial charge in [-0.25, -0.2) is 8.42 Å². The lowest BCUT2D eigenvalue weighted by Gasteiger charge is -2.23. The molecule has 1 aliphatic rings. The Morgan fingerprint density at radius 2 is 1.89 bits per heavy atom. The van der Waals surface area contributed by atoms with E-state index in [4.69, 9.17) is 5.73 Å². The number of hydrogen-bond donors (Lipinski definition) is 1. The fourth-order valence-electron chi connectivity index (χ4n) is 2.32. The van der Waals surface area contributed by atoms with Crippen LogP contribution >= 0.6 is 0 Å². The maximum Gasteiger partial charge on any atom is 0.151 e. The van der Waals surface area contributed by atoms with E-state index in [1.165, 1.54) is 5.56 Å². The molecule has 1 atom stereocenters. The first-order valence-corrected chi connectivity index (χ1v) is 8.01. The van der Waals surface area contributed by atoms with E-state index in [1.807, 2.05) is 19.2 Å². The average molecular weight is 268 g/mol. The molecule has 1 heterocycles. The number of rotatable bonds is 4. The summed E-state index contributed by atoms with van der Waals surface area (Å²) in [6.07, 6.45) is 0.750. The molecular formula is C13H20N2O2S. The predicted octanol–water partition coefficient (Wildman–Crippen LogP) is 0.764. The van der Waals surface area contributed by atoms with Gasteiger partial charge in [-0.1, -0.05) is 24.3 Å². The normalized spacial score (nSPS) is 22.5. The van der Waals surface area contributed by atoms with Crippen molar-refractivity contribution in [3.8, 4) is 0 Å². The first kappa shape index (κ1) is 13.5. The molecule has 18 heavy (non-hydrogen) atoms. The Labute approximate surface area is 109 Å². The lowest BCUT2D eigenvalue weighted by atomic mass is 10.1. The third-order valence-electron chi connectivity index (χ3n) is 3.52. The lowest BCUT2D eigenvalue weighted by molar-refractivity contribution is 0.254. The van der Waals surface area contributed by atoms with Crippen LogP contribution in [0.4, 0.5) is 0 Å². The molecule has 1 aliphatic heterocycles. The summed E-state index contributed by atoms with van der Waals surface area (Å²) in [7, 11) is -0.813. The summed E-state index contributed by atoms with van der Waals surface area (Å²) in [4.78, 5) is 2.13. The minimum Gasteiger partial charge on any atom is -0.326 e. The second-order valence-corrected chi connectivity index (χ2v) is 7.22. The van der Waals surface area contributed by atoms with Gasteiger partial charge in [0.05, 0.1) is 11.5 Å². The molecule has 0 radical (unpaired) electrons. The number of nitrogens with zero attached hydrogens (tertiary/aromatic N) is 1. The van der Waals surface area contributed by atoms with Gasteiger partial charge < -0.3 is 5.73 Å². The molecule has 0 bridgehead atoms. The van der Waals surface area contributed by atoms with E-state index in [1.54, 1.807) is 0 Å². The van der Waals surface area contributed by atoms with Crippen molar-refractivity contribution < 1.29 is 8.42 Å². The van der Waals surface area contributed by atoms with Crippen LogP contribution in [-0.4, -0.2) is 37.9 Å². The Morgan fingerprint density at radius 3 is 2.39 bits per heavy atom. The Hall–Kier alpha value is -0.910. The maximum atomic E-state index is 11.4. The molecule has 1 aromatic carbocycles. The van der Waals surface area contributed by atoms with Crippen LogP contribution in [0.2, 0.25) is 0 Å². The minimum absolute atomic E-state index is 0.157. The molecule has 0 aromatic heterocycles. The quantitative estimate of drug-likeness (QED) is 0.876. The van der Waals surface area contributed by atoms with E-state index in [0.717, 1.165) is 18.5 Å². The van der Waals surface area contributed by atoms with Crippen LogP contribution in [0.1, 0.15) is 17.5 Å². The van der Waals surface area contributed by atoms with Crippen molar-refractivity contribution in [3.63, 3.8) is 0 Å². The van der Waals surface area contributed by atoms with Crippen LogP contribution in [0.25, 0.3) is 0 Å². The second-order valence-electron chi connectivity index (χ2n) is 4.99. The highest BCUT2D eigenvalue weighted by molar-refractivity contribution is 7.91. The SMILES string of the molecule is CN(Cc1ccc(CN)cc1)C1CCS(=O)(=O)C1. The predicted molar refractivity (Wildman–Crippen MR) is 72.9 cm³/mol. The van der Waals surface area contributed by atoms with E-state index < -0.39 is 9.84 Å². The van der Waals surface area contributed by atoms with Crippen LogP contribution < -0.4 is 5.73 Å². The third kappa shape index (κ3) is 3.31. The lowest BCUT2D eigenvalue weighted by Crippen LogP contribution is -2.32. The summed E-state index contributed by atoms with van der Waals surface area (Å²) in [5.74, 6) is 0.624. The highest BCUT2D eigenvalue weighted by Crippen LogP contribution is 2.18. The number of nitrogens with two attached hydrogens (primary N) is 1. The van der Waals surface area contributed by atoms with E-state index in [0.29, 0.717) is 18.1 Å². The number of sulfone groups is 1. The van der Waals surface area contributed by atoms with Gasteiger partial charge in [-0.05, 0) is 24.6 Å². The molecule has 4 nitrogen and oxygen atoms in total. The van der Waals surface area contributed by atoms with Crippen molar-refractivity contribution in [2.45, 2.75) is 25.6 Å². The molecule has 0 spiro atoms. The van der Waals surface area contributed by atoms with Crippen molar-refractivity contribution in [1.82, 2.24) is 4.90 Å². The van der Waals surface area contributed by atoms with E-state index in [2.05, 4.69) is 17.0 Å². The molecule has 1 fully saturated rings. The van der Waals surface area contributed by atoms with Crippen molar-refractivity contribution in [3.05, 3.63) is 35.4 Å². The number of hydrogen-bond acceptors (Lipinski definition) is 4. The van der Waals surface area contributed by atoms with Gasteiger partial charge in [0.2, 0.25) is 0 Å². The molecule has 1 aromatic rings. The minimum atomic E-state index is -2.80. The number of benzene rings is 1. The van der Waals surface area contributed by atoms with Crippen LogP contribution in [0, 0.1) is 0 Å². The molecule has 0 aliphatic carbocycles. The summed E-state index contributed by atoms with van der Waals surface area (Å²) in [6, 6.07) is 8.32. The standard InChI is InChI=1S/C13H20N2O2S/c1-15(13-6-7-18(16,17)10-13)9-12-4-2-11(8-14)3-5-12/h2-5,13H,6-10,14H2,1H3. The molecule has 2 N–H and O–H groups in total. The maximum absolute atomic E-state index is 11.4. The topological polar surface area (TPSA) is 63.4 Å². The first-order chi connectivity index (χ1) is 8.50. The Morgan fingerprint density at radius 1 is 1.28 bits per heavy atom. The van der Waals surface area contributed by atoms with Crippen LogP contribution in [0.15, 0.2) is 24.3 Å². The zero-order valence-corrected chi connectivity index (χ0v) is 11.5. The third-order valence-corrected chi connectivity index (χ3v) is 5.27. The van der Waals surface area contributed by atoms with Gasteiger partial charge in [0.1, 0.15) is 0 Å². The van der Waals surface area contributed by atoms with E-state index >= 15 is 0 Å². The fourth-order valence-corrected chi connectivity index (χ4v) is 4.13. The van der Waals surface area contributed by atoms with Crippen LogP contribution in [-0.2, 0) is 22.9 Å². The molecule has 0 amide bonds. The van der Waals surface area contributed by atoms with Gasteiger partial charge >= 0.3 is 0 Å².